The first-order valence-corrected chi connectivity index (χ1v) is 7.75. The predicted molar refractivity (Wildman–Crippen MR) is 87.3 cm³/mol. The second-order valence-corrected chi connectivity index (χ2v) is 7.07. The molecular formula is C14H19Br2NO3. The van der Waals surface area contributed by atoms with E-state index >= 15 is 0 Å². The SMILES string of the molecule is COc1cc(NC(C)C(=O)OC(C)(C)C)c(Br)cc1Br. The number of carbonyl (C=O) groups is 1. The summed E-state index contributed by atoms with van der Waals surface area (Å²) >= 11 is 6.85. The van der Waals surface area contributed by atoms with Crippen LogP contribution in [0.25, 0.3) is 0 Å². The molecule has 0 aliphatic carbocycles. The van der Waals surface area contributed by atoms with Gasteiger partial charge in [-0.15, -0.1) is 0 Å². The van der Waals surface area contributed by atoms with Gasteiger partial charge in [-0.1, -0.05) is 0 Å². The van der Waals surface area contributed by atoms with Crippen molar-refractivity contribution < 1.29 is 14.3 Å². The molecule has 0 spiro atoms. The highest BCUT2D eigenvalue weighted by Gasteiger charge is 2.22. The molecule has 1 aromatic rings. The van der Waals surface area contributed by atoms with E-state index in [-0.39, 0.29) is 5.97 Å². The monoisotopic (exact) mass is 407 g/mol. The molecule has 0 amide bonds. The van der Waals surface area contributed by atoms with Crippen LogP contribution in [0.15, 0.2) is 21.1 Å². The molecule has 6 heteroatoms. The molecule has 0 radical (unpaired) electrons. The first-order chi connectivity index (χ1) is 9.14. The summed E-state index contributed by atoms with van der Waals surface area (Å²) in [5, 5.41) is 3.11. The Kier molecular flexibility index (Phi) is 5.89. The predicted octanol–water partition coefficient (Wildman–Crippen LogP) is 4.36. The zero-order chi connectivity index (χ0) is 15.5. The highest BCUT2D eigenvalue weighted by molar-refractivity contribution is 9.11. The number of nitrogens with one attached hydrogen (secondary N) is 1. The molecule has 1 N–H and O–H groups in total. The number of halogens is 2. The van der Waals surface area contributed by atoms with Crippen LogP contribution in [0.1, 0.15) is 27.7 Å². The number of hydrogen-bond donors (Lipinski definition) is 1. The molecule has 0 saturated heterocycles. The smallest absolute Gasteiger partial charge is 0.328 e. The van der Waals surface area contributed by atoms with Crippen LogP contribution in [0.3, 0.4) is 0 Å². The molecule has 0 aliphatic rings. The van der Waals surface area contributed by atoms with E-state index < -0.39 is 11.6 Å². The average Bonchev–Trinajstić information content (AvgIpc) is 2.30. The van der Waals surface area contributed by atoms with Gasteiger partial charge in [-0.05, 0) is 65.6 Å². The number of ether oxygens (including phenoxy) is 2. The molecule has 0 aromatic heterocycles. The van der Waals surface area contributed by atoms with E-state index in [1.54, 1.807) is 14.0 Å². The summed E-state index contributed by atoms with van der Waals surface area (Å²) in [6.45, 7) is 7.29. The third kappa shape index (κ3) is 4.98. The second-order valence-electron chi connectivity index (χ2n) is 5.37. The number of anilines is 1. The fraction of sp³-hybridized carbons (Fsp3) is 0.500. The van der Waals surface area contributed by atoms with Crippen LogP contribution in [0.2, 0.25) is 0 Å². The number of hydrogen-bond acceptors (Lipinski definition) is 4. The Morgan fingerprint density at radius 2 is 1.85 bits per heavy atom. The van der Waals surface area contributed by atoms with E-state index in [0.29, 0.717) is 5.75 Å². The van der Waals surface area contributed by atoms with E-state index in [1.807, 2.05) is 32.9 Å². The molecule has 1 rings (SSSR count). The van der Waals surface area contributed by atoms with Crippen molar-refractivity contribution >= 4 is 43.5 Å². The lowest BCUT2D eigenvalue weighted by Gasteiger charge is -2.23. The summed E-state index contributed by atoms with van der Waals surface area (Å²) < 4.78 is 12.2. The van der Waals surface area contributed by atoms with Crippen molar-refractivity contribution in [2.75, 3.05) is 12.4 Å². The van der Waals surface area contributed by atoms with Crippen LogP contribution in [0.4, 0.5) is 5.69 Å². The third-order valence-electron chi connectivity index (χ3n) is 2.37. The average molecular weight is 409 g/mol. The number of benzene rings is 1. The Balaban J connectivity index is 2.85. The quantitative estimate of drug-likeness (QED) is 0.751. The second kappa shape index (κ2) is 6.80. The van der Waals surface area contributed by atoms with Crippen molar-refractivity contribution in [1.29, 1.82) is 0 Å². The van der Waals surface area contributed by atoms with Crippen LogP contribution in [-0.4, -0.2) is 24.7 Å². The molecule has 112 valence electrons. The first kappa shape index (κ1) is 17.3. The van der Waals surface area contributed by atoms with Crippen LogP contribution < -0.4 is 10.1 Å². The Morgan fingerprint density at radius 3 is 2.35 bits per heavy atom. The number of methoxy groups -OCH3 is 1. The van der Waals surface area contributed by atoms with Crippen LogP contribution in [0.5, 0.6) is 5.75 Å². The van der Waals surface area contributed by atoms with Crippen molar-refractivity contribution in [3.63, 3.8) is 0 Å². The maximum absolute atomic E-state index is 12.0. The van der Waals surface area contributed by atoms with Gasteiger partial charge in [0.2, 0.25) is 0 Å². The van der Waals surface area contributed by atoms with Crippen molar-refractivity contribution in [2.24, 2.45) is 0 Å². The summed E-state index contributed by atoms with van der Waals surface area (Å²) in [6.07, 6.45) is 0. The molecule has 0 heterocycles. The molecule has 0 bridgehead atoms. The molecule has 4 nitrogen and oxygen atoms in total. The van der Waals surface area contributed by atoms with Gasteiger partial charge in [0.25, 0.3) is 0 Å². The van der Waals surface area contributed by atoms with Crippen LogP contribution in [0, 0.1) is 0 Å². The maximum atomic E-state index is 12.0. The van der Waals surface area contributed by atoms with Gasteiger partial charge in [0.1, 0.15) is 17.4 Å². The summed E-state index contributed by atoms with van der Waals surface area (Å²) in [5.74, 6) is 0.387. The molecule has 0 fully saturated rings. The fourth-order valence-electron chi connectivity index (χ4n) is 1.48. The lowest BCUT2D eigenvalue weighted by atomic mass is 10.2. The Morgan fingerprint density at radius 1 is 1.25 bits per heavy atom. The number of rotatable bonds is 4. The molecule has 0 aliphatic heterocycles. The zero-order valence-corrected chi connectivity index (χ0v) is 15.4. The standard InChI is InChI=1S/C14H19Br2NO3/c1-8(13(18)20-14(2,3)4)17-11-7-12(19-5)10(16)6-9(11)15/h6-8,17H,1-5H3. The topological polar surface area (TPSA) is 47.6 Å². The van der Waals surface area contributed by atoms with Crippen LogP contribution in [-0.2, 0) is 9.53 Å². The maximum Gasteiger partial charge on any atom is 0.328 e. The van der Waals surface area contributed by atoms with E-state index in [1.165, 1.54) is 0 Å². The van der Waals surface area contributed by atoms with Gasteiger partial charge in [-0.2, -0.15) is 0 Å². The van der Waals surface area contributed by atoms with Crippen molar-refractivity contribution in [3.8, 4) is 5.75 Å². The minimum atomic E-state index is -0.498. The molecular weight excluding hydrogens is 390 g/mol. The van der Waals surface area contributed by atoms with E-state index in [2.05, 4.69) is 37.2 Å². The summed E-state index contributed by atoms with van der Waals surface area (Å²) in [6, 6.07) is 3.22. The largest absolute Gasteiger partial charge is 0.495 e. The summed E-state index contributed by atoms with van der Waals surface area (Å²) in [5.41, 5.74) is 0.269. The third-order valence-corrected chi connectivity index (χ3v) is 3.65. The van der Waals surface area contributed by atoms with E-state index in [0.717, 1.165) is 14.6 Å². The van der Waals surface area contributed by atoms with E-state index in [4.69, 9.17) is 9.47 Å². The first-order valence-electron chi connectivity index (χ1n) is 6.16. The highest BCUT2D eigenvalue weighted by atomic mass is 79.9. The molecule has 1 unspecified atom stereocenters. The van der Waals surface area contributed by atoms with Crippen molar-refractivity contribution in [1.82, 2.24) is 0 Å². The lowest BCUT2D eigenvalue weighted by Crippen LogP contribution is -2.34. The summed E-state index contributed by atoms with van der Waals surface area (Å²) in [4.78, 5) is 12.0. The minimum absolute atomic E-state index is 0.300. The van der Waals surface area contributed by atoms with Crippen molar-refractivity contribution in [2.45, 2.75) is 39.3 Å². The lowest BCUT2D eigenvalue weighted by molar-refractivity contribution is -0.155. The normalized spacial score (nSPS) is 12.8. The molecule has 1 aromatic carbocycles. The fourth-order valence-corrected chi connectivity index (χ4v) is 2.75. The number of esters is 1. The Labute approximate surface area is 136 Å². The van der Waals surface area contributed by atoms with E-state index in [9.17, 15) is 4.79 Å². The van der Waals surface area contributed by atoms with Gasteiger partial charge in [-0.3, -0.25) is 0 Å². The minimum Gasteiger partial charge on any atom is -0.495 e. The van der Waals surface area contributed by atoms with Gasteiger partial charge in [0, 0.05) is 10.5 Å². The van der Waals surface area contributed by atoms with Crippen molar-refractivity contribution in [3.05, 3.63) is 21.1 Å². The van der Waals surface area contributed by atoms with Gasteiger partial charge >= 0.3 is 5.97 Å². The Hall–Kier alpha value is -0.750. The van der Waals surface area contributed by atoms with Gasteiger partial charge in [0.15, 0.2) is 0 Å². The molecule has 20 heavy (non-hydrogen) atoms. The Bertz CT molecular complexity index is 498. The summed E-state index contributed by atoms with van der Waals surface area (Å²) in [7, 11) is 1.59. The van der Waals surface area contributed by atoms with Gasteiger partial charge < -0.3 is 14.8 Å². The highest BCUT2D eigenvalue weighted by Crippen LogP contribution is 2.34. The number of carbonyl (C=O) groups excluding carboxylic acids is 1. The zero-order valence-electron chi connectivity index (χ0n) is 12.2. The molecule has 0 saturated carbocycles. The van der Waals surface area contributed by atoms with Gasteiger partial charge in [0.05, 0.1) is 17.3 Å². The molecule has 1 atom stereocenters. The van der Waals surface area contributed by atoms with Crippen LogP contribution >= 0.6 is 31.9 Å². The van der Waals surface area contributed by atoms with Gasteiger partial charge in [-0.25, -0.2) is 4.79 Å².